The van der Waals surface area contributed by atoms with Crippen molar-refractivity contribution in [3.8, 4) is 0 Å². The minimum absolute atomic E-state index is 0.00375. The van der Waals surface area contributed by atoms with E-state index in [9.17, 15) is 4.79 Å². The van der Waals surface area contributed by atoms with E-state index in [1.165, 1.54) is 4.88 Å². The van der Waals surface area contributed by atoms with E-state index in [1.807, 2.05) is 11.0 Å². The molecule has 0 radical (unpaired) electrons. The summed E-state index contributed by atoms with van der Waals surface area (Å²) in [5, 5.41) is 5.59. The highest BCUT2D eigenvalue weighted by Gasteiger charge is 2.47. The average Bonchev–Trinajstić information content (AvgIpc) is 3.08. The highest BCUT2D eigenvalue weighted by Crippen LogP contribution is 2.35. The molecule has 1 aromatic heterocycles. The van der Waals surface area contributed by atoms with E-state index < -0.39 is 0 Å². The molecule has 4 unspecified atom stereocenters. The predicted molar refractivity (Wildman–Crippen MR) is 79.5 cm³/mol. The fourth-order valence-electron chi connectivity index (χ4n) is 3.19. The number of carbonyl (C=O) groups excluding carboxylic acids is 1. The van der Waals surface area contributed by atoms with Crippen LogP contribution in [0.1, 0.15) is 38.2 Å². The van der Waals surface area contributed by atoms with E-state index >= 15 is 0 Å². The Kier molecular flexibility index (Phi) is 3.84. The summed E-state index contributed by atoms with van der Waals surface area (Å²) in [6.45, 7) is 7.01. The van der Waals surface area contributed by atoms with Crippen LogP contribution in [-0.2, 0) is 9.53 Å². The monoisotopic (exact) mass is 294 g/mol. The number of carbonyl (C=O) groups is 1. The second-order valence-corrected chi connectivity index (χ2v) is 6.96. The summed E-state index contributed by atoms with van der Waals surface area (Å²) in [5.74, 6) is 0.522. The van der Waals surface area contributed by atoms with E-state index in [0.717, 1.165) is 13.0 Å². The van der Waals surface area contributed by atoms with Gasteiger partial charge in [-0.15, -0.1) is 11.3 Å². The van der Waals surface area contributed by atoms with E-state index in [2.05, 4.69) is 37.5 Å². The number of thiophene rings is 1. The van der Waals surface area contributed by atoms with Crippen molar-refractivity contribution in [3.63, 3.8) is 0 Å². The highest BCUT2D eigenvalue weighted by atomic mass is 32.1. The first-order valence-electron chi connectivity index (χ1n) is 7.33. The van der Waals surface area contributed by atoms with Gasteiger partial charge in [-0.05, 0) is 30.7 Å². The van der Waals surface area contributed by atoms with Crippen LogP contribution in [0.3, 0.4) is 0 Å². The topological polar surface area (TPSA) is 41.6 Å². The first-order chi connectivity index (χ1) is 9.59. The zero-order valence-electron chi connectivity index (χ0n) is 12.2. The lowest BCUT2D eigenvalue weighted by Gasteiger charge is -2.31. The fraction of sp³-hybridized carbons (Fsp3) is 0.667. The summed E-state index contributed by atoms with van der Waals surface area (Å²) < 4.78 is 5.67. The Morgan fingerprint density at radius 2 is 2.30 bits per heavy atom. The third-order valence-corrected chi connectivity index (χ3v) is 5.23. The number of rotatable bonds is 3. The molecule has 2 aliphatic rings. The van der Waals surface area contributed by atoms with Crippen molar-refractivity contribution in [3.05, 3.63) is 22.4 Å². The summed E-state index contributed by atoms with van der Waals surface area (Å²) in [5.41, 5.74) is 0. The van der Waals surface area contributed by atoms with Crippen molar-refractivity contribution in [2.45, 2.75) is 51.5 Å². The zero-order chi connectivity index (χ0) is 14.3. The molecule has 2 aliphatic heterocycles. The maximum atomic E-state index is 12.8. The first kappa shape index (κ1) is 14.0. The molecule has 1 amide bonds. The Hall–Kier alpha value is -0.910. The number of hydrogen-bond acceptors (Lipinski definition) is 4. The van der Waals surface area contributed by atoms with Crippen LogP contribution in [0.4, 0.5) is 0 Å². The summed E-state index contributed by atoms with van der Waals surface area (Å²) in [6.07, 6.45) is 1.06. The number of ether oxygens (including phenoxy) is 1. The van der Waals surface area contributed by atoms with Gasteiger partial charge in [-0.3, -0.25) is 10.1 Å². The molecule has 3 heterocycles. The van der Waals surface area contributed by atoms with Gasteiger partial charge < -0.3 is 9.64 Å². The van der Waals surface area contributed by atoms with E-state index in [0.29, 0.717) is 5.92 Å². The maximum absolute atomic E-state index is 12.8. The summed E-state index contributed by atoms with van der Waals surface area (Å²) in [6, 6.07) is 4.24. The molecule has 4 atom stereocenters. The van der Waals surface area contributed by atoms with Crippen molar-refractivity contribution in [2.75, 3.05) is 6.61 Å². The highest BCUT2D eigenvalue weighted by molar-refractivity contribution is 7.10. The predicted octanol–water partition coefficient (Wildman–Crippen LogP) is 2.38. The maximum Gasteiger partial charge on any atom is 0.241 e. The minimum Gasteiger partial charge on any atom is -0.376 e. The van der Waals surface area contributed by atoms with Crippen LogP contribution >= 0.6 is 11.3 Å². The van der Waals surface area contributed by atoms with Gasteiger partial charge in [0.2, 0.25) is 5.91 Å². The molecule has 0 spiro atoms. The van der Waals surface area contributed by atoms with Crippen LogP contribution in [0.25, 0.3) is 0 Å². The Morgan fingerprint density at radius 3 is 2.85 bits per heavy atom. The van der Waals surface area contributed by atoms with Crippen molar-refractivity contribution in [1.82, 2.24) is 10.2 Å². The van der Waals surface area contributed by atoms with Gasteiger partial charge in [0.25, 0.3) is 0 Å². The summed E-state index contributed by atoms with van der Waals surface area (Å²) in [4.78, 5) is 16.0. The molecule has 0 bridgehead atoms. The standard InChI is InChI=1S/C15H22N2O2S/c1-9(2)13-15(18)17(11-6-7-19-10(11)3)14(16-13)12-5-4-8-20-12/h4-5,8-11,13-14,16H,6-7H2,1-3H3. The molecular weight excluding hydrogens is 272 g/mol. The lowest BCUT2D eigenvalue weighted by Crippen LogP contribution is -2.44. The third-order valence-electron chi connectivity index (χ3n) is 4.31. The van der Waals surface area contributed by atoms with Gasteiger partial charge >= 0.3 is 0 Å². The summed E-state index contributed by atoms with van der Waals surface area (Å²) >= 11 is 1.70. The first-order valence-corrected chi connectivity index (χ1v) is 8.20. The lowest BCUT2D eigenvalue weighted by atomic mass is 10.0. The molecule has 110 valence electrons. The number of hydrogen-bond donors (Lipinski definition) is 1. The Labute approximate surface area is 124 Å². The quantitative estimate of drug-likeness (QED) is 0.930. The Bertz CT molecular complexity index is 474. The van der Waals surface area contributed by atoms with Crippen LogP contribution in [0.2, 0.25) is 0 Å². The molecular formula is C15H22N2O2S. The van der Waals surface area contributed by atoms with Gasteiger partial charge in [0.1, 0.15) is 6.17 Å². The largest absolute Gasteiger partial charge is 0.376 e. The van der Waals surface area contributed by atoms with Crippen LogP contribution in [0, 0.1) is 5.92 Å². The molecule has 3 rings (SSSR count). The molecule has 1 aromatic rings. The van der Waals surface area contributed by atoms with Gasteiger partial charge in [-0.2, -0.15) is 0 Å². The molecule has 4 nitrogen and oxygen atoms in total. The second-order valence-electron chi connectivity index (χ2n) is 5.98. The van der Waals surface area contributed by atoms with Gasteiger partial charge in [0, 0.05) is 11.5 Å². The molecule has 2 saturated heterocycles. The molecule has 20 heavy (non-hydrogen) atoms. The molecule has 5 heteroatoms. The van der Waals surface area contributed by atoms with Crippen LogP contribution in [-0.4, -0.2) is 35.6 Å². The molecule has 2 fully saturated rings. The Morgan fingerprint density at radius 1 is 1.50 bits per heavy atom. The van der Waals surface area contributed by atoms with E-state index in [1.54, 1.807) is 11.3 Å². The van der Waals surface area contributed by atoms with Crippen LogP contribution < -0.4 is 5.32 Å². The minimum atomic E-state index is -0.0881. The van der Waals surface area contributed by atoms with Gasteiger partial charge in [0.05, 0.1) is 18.2 Å². The SMILES string of the molecule is CC(C)C1NC(c2cccs2)N(C2CCOC2C)C1=O. The molecule has 1 N–H and O–H groups in total. The van der Waals surface area contributed by atoms with Crippen molar-refractivity contribution < 1.29 is 9.53 Å². The fourth-order valence-corrected chi connectivity index (χ4v) is 3.98. The molecule has 0 aromatic carbocycles. The van der Waals surface area contributed by atoms with Gasteiger partial charge in [0.15, 0.2) is 0 Å². The van der Waals surface area contributed by atoms with Gasteiger partial charge in [-0.25, -0.2) is 0 Å². The number of amides is 1. The second kappa shape index (κ2) is 5.47. The van der Waals surface area contributed by atoms with Crippen molar-refractivity contribution in [1.29, 1.82) is 0 Å². The van der Waals surface area contributed by atoms with Gasteiger partial charge in [-0.1, -0.05) is 19.9 Å². The van der Waals surface area contributed by atoms with Crippen LogP contribution in [0.15, 0.2) is 17.5 Å². The average molecular weight is 294 g/mol. The lowest BCUT2D eigenvalue weighted by molar-refractivity contribution is -0.134. The summed E-state index contributed by atoms with van der Waals surface area (Å²) in [7, 11) is 0. The normalized spacial score (nSPS) is 34.4. The van der Waals surface area contributed by atoms with Crippen LogP contribution in [0.5, 0.6) is 0 Å². The van der Waals surface area contributed by atoms with E-state index in [-0.39, 0.29) is 30.3 Å². The zero-order valence-corrected chi connectivity index (χ0v) is 13.0. The third kappa shape index (κ3) is 2.28. The smallest absolute Gasteiger partial charge is 0.241 e. The number of nitrogens with one attached hydrogen (secondary N) is 1. The van der Waals surface area contributed by atoms with Crippen molar-refractivity contribution in [2.24, 2.45) is 5.92 Å². The van der Waals surface area contributed by atoms with E-state index in [4.69, 9.17) is 4.74 Å². The Balaban J connectivity index is 1.92. The molecule has 0 saturated carbocycles. The molecule has 0 aliphatic carbocycles. The number of nitrogens with zero attached hydrogens (tertiary/aromatic N) is 1. The van der Waals surface area contributed by atoms with Crippen molar-refractivity contribution >= 4 is 17.2 Å².